The van der Waals surface area contributed by atoms with Gasteiger partial charge in [0, 0.05) is 30.6 Å². The maximum atomic E-state index is 15.6. The first kappa shape index (κ1) is 26.8. The van der Waals surface area contributed by atoms with Crippen molar-refractivity contribution in [3.05, 3.63) is 84.6 Å². The summed E-state index contributed by atoms with van der Waals surface area (Å²) in [6.45, 7) is 5.80. The lowest BCUT2D eigenvalue weighted by molar-refractivity contribution is -0.137. The first-order chi connectivity index (χ1) is 18.0. The number of piperidine rings is 1. The Morgan fingerprint density at radius 3 is 2.76 bits per heavy atom. The van der Waals surface area contributed by atoms with Gasteiger partial charge in [0.05, 0.1) is 12.6 Å². The van der Waals surface area contributed by atoms with E-state index >= 15 is 4.39 Å². The van der Waals surface area contributed by atoms with E-state index in [4.69, 9.17) is 4.74 Å². The number of pyridine rings is 1. The van der Waals surface area contributed by atoms with E-state index in [0.29, 0.717) is 30.1 Å². The van der Waals surface area contributed by atoms with Crippen molar-refractivity contribution >= 4 is 16.9 Å². The SMILES string of the molecule is C=CC(Cc1ccccc1)N1CC[C@@H](CCC(F)c2ccnc3ccc(OC)cc23)[C@@H](CCC(=O)O)C1. The number of hydrogen-bond donors (Lipinski definition) is 1. The molecular formula is C31H37FN2O3. The number of fused-ring (bicyclic) bond motifs is 1. The minimum atomic E-state index is -1.12. The molecule has 0 bridgehead atoms. The molecule has 0 spiro atoms. The van der Waals surface area contributed by atoms with Crippen LogP contribution in [0.3, 0.4) is 0 Å². The van der Waals surface area contributed by atoms with E-state index in [-0.39, 0.29) is 18.4 Å². The highest BCUT2D eigenvalue weighted by atomic mass is 19.1. The Kier molecular flexibility index (Phi) is 9.29. The molecule has 0 radical (unpaired) electrons. The van der Waals surface area contributed by atoms with Crippen LogP contribution >= 0.6 is 0 Å². The number of benzene rings is 2. The Hall–Kier alpha value is -3.25. The monoisotopic (exact) mass is 504 g/mol. The minimum absolute atomic E-state index is 0.139. The maximum Gasteiger partial charge on any atom is 0.303 e. The van der Waals surface area contributed by atoms with Gasteiger partial charge in [0.15, 0.2) is 0 Å². The zero-order valence-corrected chi connectivity index (χ0v) is 21.6. The van der Waals surface area contributed by atoms with Gasteiger partial charge in [-0.1, -0.05) is 36.4 Å². The Balaban J connectivity index is 1.44. The molecule has 0 saturated carbocycles. The number of aromatic nitrogens is 1. The largest absolute Gasteiger partial charge is 0.497 e. The molecule has 37 heavy (non-hydrogen) atoms. The molecule has 4 atom stereocenters. The number of ether oxygens (including phenoxy) is 1. The van der Waals surface area contributed by atoms with Crippen molar-refractivity contribution in [1.29, 1.82) is 0 Å². The zero-order chi connectivity index (χ0) is 26.2. The Morgan fingerprint density at radius 2 is 2.03 bits per heavy atom. The Bertz CT molecular complexity index is 1190. The molecule has 1 fully saturated rings. The number of carboxylic acids is 1. The summed E-state index contributed by atoms with van der Waals surface area (Å²) < 4.78 is 21.0. The summed E-state index contributed by atoms with van der Waals surface area (Å²) in [4.78, 5) is 18.2. The van der Waals surface area contributed by atoms with Gasteiger partial charge in [-0.2, -0.15) is 0 Å². The number of carbonyl (C=O) groups is 1. The quantitative estimate of drug-likeness (QED) is 0.280. The van der Waals surface area contributed by atoms with Gasteiger partial charge in [0.2, 0.25) is 0 Å². The van der Waals surface area contributed by atoms with Crippen LogP contribution in [0.5, 0.6) is 5.75 Å². The summed E-state index contributed by atoms with van der Waals surface area (Å²) >= 11 is 0. The molecule has 2 heterocycles. The van der Waals surface area contributed by atoms with Crippen LogP contribution in [-0.4, -0.2) is 47.2 Å². The molecule has 1 aliphatic rings. The molecule has 1 aliphatic heterocycles. The number of likely N-dealkylation sites (tertiary alicyclic amines) is 1. The lowest BCUT2D eigenvalue weighted by Gasteiger charge is -2.42. The summed E-state index contributed by atoms with van der Waals surface area (Å²) in [6, 6.07) is 17.9. The van der Waals surface area contributed by atoms with Crippen molar-refractivity contribution in [2.45, 2.75) is 50.7 Å². The minimum Gasteiger partial charge on any atom is -0.497 e. The summed E-state index contributed by atoms with van der Waals surface area (Å²) in [5.74, 6) is 0.409. The van der Waals surface area contributed by atoms with E-state index in [1.54, 1.807) is 19.4 Å². The van der Waals surface area contributed by atoms with Gasteiger partial charge in [-0.05, 0) is 85.9 Å². The third-order valence-electron chi connectivity index (χ3n) is 7.79. The lowest BCUT2D eigenvalue weighted by Crippen LogP contribution is -2.46. The number of halogens is 1. The van der Waals surface area contributed by atoms with Crippen molar-refractivity contribution in [2.75, 3.05) is 20.2 Å². The van der Waals surface area contributed by atoms with Gasteiger partial charge in [-0.15, -0.1) is 6.58 Å². The number of carboxylic acid groups (broad SMARTS) is 1. The summed E-state index contributed by atoms with van der Waals surface area (Å²) in [5, 5.41) is 10.1. The molecule has 2 aromatic carbocycles. The van der Waals surface area contributed by atoms with Gasteiger partial charge in [0.25, 0.3) is 0 Å². The van der Waals surface area contributed by atoms with Crippen LogP contribution in [-0.2, 0) is 11.2 Å². The molecule has 1 saturated heterocycles. The Labute approximate surface area is 219 Å². The molecule has 1 N–H and O–H groups in total. The second-order valence-corrected chi connectivity index (χ2v) is 10.1. The normalized spacial score (nSPS) is 19.8. The number of hydrogen-bond acceptors (Lipinski definition) is 4. The van der Waals surface area contributed by atoms with E-state index in [9.17, 15) is 9.90 Å². The highest BCUT2D eigenvalue weighted by Crippen LogP contribution is 2.37. The fourth-order valence-corrected chi connectivity index (χ4v) is 5.71. The number of alkyl halides is 1. The Morgan fingerprint density at radius 1 is 1.22 bits per heavy atom. The first-order valence-electron chi connectivity index (χ1n) is 13.2. The van der Waals surface area contributed by atoms with Crippen molar-refractivity contribution in [3.63, 3.8) is 0 Å². The summed E-state index contributed by atoms with van der Waals surface area (Å²) in [6.07, 6.45) is 6.24. The first-order valence-corrected chi connectivity index (χ1v) is 13.2. The van der Waals surface area contributed by atoms with Gasteiger partial charge in [0.1, 0.15) is 11.9 Å². The molecule has 5 nitrogen and oxygen atoms in total. The molecule has 6 heteroatoms. The van der Waals surface area contributed by atoms with Crippen molar-refractivity contribution in [2.24, 2.45) is 11.8 Å². The lowest BCUT2D eigenvalue weighted by atomic mass is 9.78. The van der Waals surface area contributed by atoms with E-state index in [1.165, 1.54) is 5.56 Å². The van der Waals surface area contributed by atoms with Crippen molar-refractivity contribution in [3.8, 4) is 5.75 Å². The standard InChI is InChI=1S/C31H37FN2O3/c1-3-25(19-22-7-5-4-6-8-22)34-18-16-23(24(21-34)10-14-31(35)36)9-12-29(32)27-15-17-33-30-13-11-26(37-2)20-28(27)30/h3-8,11,13,15,17,20,23-25,29H,1,9-10,12,14,16,18-19,21H2,2H3,(H,35,36)/t23-,24+,25?,29?/m1/s1. The number of nitrogens with zero attached hydrogens (tertiary/aromatic N) is 2. The molecular weight excluding hydrogens is 467 g/mol. The van der Waals surface area contributed by atoms with Crippen LogP contribution in [0.15, 0.2) is 73.4 Å². The van der Waals surface area contributed by atoms with Gasteiger partial charge in [-0.25, -0.2) is 4.39 Å². The second kappa shape index (κ2) is 12.8. The van der Waals surface area contributed by atoms with Crippen LogP contribution in [0.25, 0.3) is 10.9 Å². The molecule has 1 aromatic heterocycles. The summed E-state index contributed by atoms with van der Waals surface area (Å²) in [7, 11) is 1.60. The van der Waals surface area contributed by atoms with Gasteiger partial charge in [-0.3, -0.25) is 14.7 Å². The third kappa shape index (κ3) is 6.95. The van der Waals surface area contributed by atoms with E-state index in [2.05, 4.69) is 28.6 Å². The van der Waals surface area contributed by atoms with E-state index < -0.39 is 12.1 Å². The highest BCUT2D eigenvalue weighted by Gasteiger charge is 2.32. The summed E-state index contributed by atoms with van der Waals surface area (Å²) in [5.41, 5.74) is 2.65. The fraction of sp³-hybridized carbons (Fsp3) is 0.419. The predicted molar refractivity (Wildman–Crippen MR) is 146 cm³/mol. The molecule has 4 rings (SSSR count). The average molecular weight is 505 g/mol. The molecule has 196 valence electrons. The third-order valence-corrected chi connectivity index (χ3v) is 7.79. The van der Waals surface area contributed by atoms with Gasteiger partial charge >= 0.3 is 5.97 Å². The molecule has 2 unspecified atom stereocenters. The van der Waals surface area contributed by atoms with E-state index in [1.807, 2.05) is 42.5 Å². The smallest absolute Gasteiger partial charge is 0.303 e. The zero-order valence-electron chi connectivity index (χ0n) is 21.6. The number of rotatable bonds is 12. The average Bonchev–Trinajstić information content (AvgIpc) is 2.93. The maximum absolute atomic E-state index is 15.6. The topological polar surface area (TPSA) is 62.7 Å². The van der Waals surface area contributed by atoms with E-state index in [0.717, 1.165) is 43.3 Å². The van der Waals surface area contributed by atoms with Crippen LogP contribution in [0, 0.1) is 11.8 Å². The van der Waals surface area contributed by atoms with Crippen molar-refractivity contribution < 1.29 is 19.0 Å². The van der Waals surface area contributed by atoms with Crippen molar-refractivity contribution in [1.82, 2.24) is 9.88 Å². The van der Waals surface area contributed by atoms with Crippen LogP contribution < -0.4 is 4.74 Å². The van der Waals surface area contributed by atoms with Crippen LogP contribution in [0.2, 0.25) is 0 Å². The van der Waals surface area contributed by atoms with Gasteiger partial charge < -0.3 is 9.84 Å². The molecule has 3 aromatic rings. The van der Waals surface area contributed by atoms with Crippen LogP contribution in [0.1, 0.15) is 49.4 Å². The number of methoxy groups -OCH3 is 1. The molecule has 0 amide bonds. The second-order valence-electron chi connectivity index (χ2n) is 10.1. The number of aliphatic carboxylic acids is 1. The van der Waals surface area contributed by atoms with Crippen LogP contribution in [0.4, 0.5) is 4.39 Å². The molecule has 0 aliphatic carbocycles. The predicted octanol–water partition coefficient (Wildman–Crippen LogP) is 6.63. The fourth-order valence-electron chi connectivity index (χ4n) is 5.71. The highest BCUT2D eigenvalue weighted by molar-refractivity contribution is 5.83.